The van der Waals surface area contributed by atoms with Gasteiger partial charge in [0, 0.05) is 11.3 Å². The smallest absolute Gasteiger partial charge is 0.274 e. The minimum absolute atomic E-state index is 0.219. The molecule has 33 heavy (non-hydrogen) atoms. The van der Waals surface area contributed by atoms with E-state index >= 15 is 0 Å². The highest BCUT2D eigenvalue weighted by atomic mass is 32.2. The first kappa shape index (κ1) is 21.4. The lowest BCUT2D eigenvalue weighted by atomic mass is 10.0. The molecule has 1 saturated heterocycles. The summed E-state index contributed by atoms with van der Waals surface area (Å²) < 4.78 is 27.3. The first-order valence-electron chi connectivity index (χ1n) is 10.8. The number of nitrogens with zero attached hydrogens (tertiary/aromatic N) is 2. The molecule has 0 saturated carbocycles. The van der Waals surface area contributed by atoms with Gasteiger partial charge in [-0.15, -0.1) is 0 Å². The van der Waals surface area contributed by atoms with Crippen LogP contribution in [0.3, 0.4) is 0 Å². The maximum absolute atomic E-state index is 14.2. The quantitative estimate of drug-likeness (QED) is 0.596. The number of fused-ring (bicyclic) bond motifs is 2. The zero-order valence-electron chi connectivity index (χ0n) is 18.7. The van der Waals surface area contributed by atoms with E-state index in [2.05, 4.69) is 0 Å². The molecule has 6 nitrogen and oxygen atoms in total. The number of para-hydroxylation sites is 1. The highest BCUT2D eigenvalue weighted by Crippen LogP contribution is 2.52. The third kappa shape index (κ3) is 2.95. The molecule has 3 aromatic rings. The molecule has 7 heteroatoms. The van der Waals surface area contributed by atoms with Gasteiger partial charge in [-0.05, 0) is 55.7 Å². The number of carbonyl (C=O) groups is 2. The summed E-state index contributed by atoms with van der Waals surface area (Å²) >= 11 is 0. The minimum atomic E-state index is -4.17. The second kappa shape index (κ2) is 7.28. The predicted octanol–water partition coefficient (Wildman–Crippen LogP) is 3.77. The van der Waals surface area contributed by atoms with E-state index in [1.807, 2.05) is 45.0 Å². The van der Waals surface area contributed by atoms with Gasteiger partial charge in [0.15, 0.2) is 9.84 Å². The molecule has 2 heterocycles. The van der Waals surface area contributed by atoms with E-state index in [0.29, 0.717) is 16.9 Å². The highest BCUT2D eigenvalue weighted by molar-refractivity contribution is 7.94. The molecule has 1 unspecified atom stereocenters. The SMILES string of the molecule is Cc1cccc(N2C(=O)CS(=O)(=O)C23C(=O)N(Cc2cc(C)ccc2C)c2ccccc23)c1. The molecule has 0 bridgehead atoms. The van der Waals surface area contributed by atoms with E-state index < -0.39 is 32.3 Å². The van der Waals surface area contributed by atoms with Crippen molar-refractivity contribution in [2.75, 3.05) is 15.6 Å². The number of rotatable bonds is 3. The van der Waals surface area contributed by atoms with Gasteiger partial charge in [0.2, 0.25) is 5.91 Å². The van der Waals surface area contributed by atoms with Crippen molar-refractivity contribution in [3.8, 4) is 0 Å². The Labute approximate surface area is 193 Å². The maximum Gasteiger partial charge on any atom is 0.274 e. The van der Waals surface area contributed by atoms with E-state index in [9.17, 15) is 18.0 Å². The van der Waals surface area contributed by atoms with Crippen molar-refractivity contribution in [3.05, 3.63) is 94.5 Å². The molecule has 0 N–H and O–H groups in total. The lowest BCUT2D eigenvalue weighted by Crippen LogP contribution is -2.54. The molecule has 5 rings (SSSR count). The van der Waals surface area contributed by atoms with E-state index in [4.69, 9.17) is 0 Å². The molecule has 2 amide bonds. The van der Waals surface area contributed by atoms with Crippen molar-refractivity contribution in [2.24, 2.45) is 0 Å². The molecule has 0 aliphatic carbocycles. The zero-order valence-corrected chi connectivity index (χ0v) is 19.5. The van der Waals surface area contributed by atoms with Gasteiger partial charge in [-0.3, -0.25) is 14.5 Å². The number of amides is 2. The van der Waals surface area contributed by atoms with Crippen molar-refractivity contribution in [2.45, 2.75) is 32.2 Å². The normalized spacial score (nSPS) is 21.2. The number of carbonyl (C=O) groups excluding carboxylic acids is 2. The third-order valence-corrected chi connectivity index (χ3v) is 8.62. The molecule has 1 fully saturated rings. The van der Waals surface area contributed by atoms with Gasteiger partial charge >= 0.3 is 0 Å². The van der Waals surface area contributed by atoms with Crippen LogP contribution in [0.2, 0.25) is 0 Å². The van der Waals surface area contributed by atoms with Crippen LogP contribution in [0.1, 0.15) is 27.8 Å². The summed E-state index contributed by atoms with van der Waals surface area (Å²) in [7, 11) is -4.17. The van der Waals surface area contributed by atoms with E-state index in [0.717, 1.165) is 22.3 Å². The van der Waals surface area contributed by atoms with Crippen molar-refractivity contribution in [3.63, 3.8) is 0 Å². The molecule has 1 spiro atoms. The molecule has 0 aromatic heterocycles. The minimum Gasteiger partial charge on any atom is -0.304 e. The summed E-state index contributed by atoms with van der Waals surface area (Å²) in [4.78, 5) is 27.9. The maximum atomic E-state index is 14.2. The standard InChI is InChI=1S/C26H24N2O4S/c1-17-7-6-8-21(14-17)28-24(29)16-33(31,32)26(28)22-9-4-5-10-23(22)27(25(26)30)15-20-13-18(2)11-12-19(20)3/h4-14H,15-16H2,1-3H3. The second-order valence-corrected chi connectivity index (χ2v) is 10.9. The summed E-state index contributed by atoms with van der Waals surface area (Å²) in [6.45, 7) is 6.02. The molecule has 3 aromatic carbocycles. The van der Waals surface area contributed by atoms with Crippen LogP contribution in [0.25, 0.3) is 0 Å². The fourth-order valence-electron chi connectivity index (χ4n) is 4.96. The van der Waals surface area contributed by atoms with Crippen molar-refractivity contribution in [1.82, 2.24) is 0 Å². The number of hydrogen-bond donors (Lipinski definition) is 0. The first-order chi connectivity index (χ1) is 15.7. The van der Waals surface area contributed by atoms with Crippen LogP contribution in [-0.4, -0.2) is 26.0 Å². The largest absolute Gasteiger partial charge is 0.304 e. The Bertz CT molecular complexity index is 1430. The van der Waals surface area contributed by atoms with Crippen LogP contribution >= 0.6 is 0 Å². The fourth-order valence-corrected chi connectivity index (χ4v) is 6.99. The highest BCUT2D eigenvalue weighted by Gasteiger charge is 2.69. The number of aryl methyl sites for hydroxylation is 3. The predicted molar refractivity (Wildman–Crippen MR) is 128 cm³/mol. The summed E-state index contributed by atoms with van der Waals surface area (Å²) in [6, 6.07) is 19.9. The van der Waals surface area contributed by atoms with Crippen LogP contribution in [0.15, 0.2) is 66.7 Å². The summed E-state index contributed by atoms with van der Waals surface area (Å²) in [5.41, 5.74) is 5.09. The monoisotopic (exact) mass is 460 g/mol. The van der Waals surface area contributed by atoms with Crippen molar-refractivity contribution >= 4 is 33.0 Å². The zero-order chi connectivity index (χ0) is 23.5. The molecular formula is C26H24N2O4S. The summed E-state index contributed by atoms with van der Waals surface area (Å²) in [6.07, 6.45) is 0. The second-order valence-electron chi connectivity index (χ2n) is 8.81. The van der Waals surface area contributed by atoms with E-state index in [1.165, 1.54) is 9.80 Å². The van der Waals surface area contributed by atoms with Crippen LogP contribution in [0.4, 0.5) is 11.4 Å². The summed E-state index contributed by atoms with van der Waals surface area (Å²) in [5, 5.41) is 0. The number of hydrogen-bond acceptors (Lipinski definition) is 4. The Morgan fingerprint density at radius 2 is 1.61 bits per heavy atom. The topological polar surface area (TPSA) is 74.8 Å². The van der Waals surface area contributed by atoms with Crippen molar-refractivity contribution < 1.29 is 18.0 Å². The molecule has 1 atom stereocenters. The fraction of sp³-hybridized carbons (Fsp3) is 0.231. The van der Waals surface area contributed by atoms with E-state index in [-0.39, 0.29) is 6.54 Å². The average molecular weight is 461 g/mol. The molecule has 168 valence electrons. The van der Waals surface area contributed by atoms with Crippen LogP contribution in [0.5, 0.6) is 0 Å². The summed E-state index contributed by atoms with van der Waals surface area (Å²) in [5.74, 6) is -1.92. The number of anilines is 2. The van der Waals surface area contributed by atoms with Crippen molar-refractivity contribution in [1.29, 1.82) is 0 Å². The molecule has 2 aliphatic rings. The Morgan fingerprint density at radius 3 is 2.36 bits per heavy atom. The Hall–Kier alpha value is -3.45. The van der Waals surface area contributed by atoms with Gasteiger partial charge < -0.3 is 4.90 Å². The van der Waals surface area contributed by atoms with Crippen LogP contribution in [-0.2, 0) is 30.8 Å². The van der Waals surface area contributed by atoms with Crippen LogP contribution in [0, 0.1) is 20.8 Å². The Balaban J connectivity index is 1.75. The van der Waals surface area contributed by atoms with Gasteiger partial charge in [-0.25, -0.2) is 8.42 Å². The van der Waals surface area contributed by atoms with Gasteiger partial charge in [0.25, 0.3) is 10.8 Å². The first-order valence-corrected chi connectivity index (χ1v) is 12.4. The molecule has 0 radical (unpaired) electrons. The Kier molecular flexibility index (Phi) is 4.72. The van der Waals surface area contributed by atoms with Gasteiger partial charge in [0.1, 0.15) is 5.75 Å². The van der Waals surface area contributed by atoms with Gasteiger partial charge in [-0.1, -0.05) is 54.1 Å². The average Bonchev–Trinajstić information content (AvgIpc) is 3.13. The Morgan fingerprint density at radius 1 is 0.879 bits per heavy atom. The van der Waals surface area contributed by atoms with Crippen LogP contribution < -0.4 is 9.80 Å². The molecule has 2 aliphatic heterocycles. The molecular weight excluding hydrogens is 436 g/mol. The van der Waals surface area contributed by atoms with Gasteiger partial charge in [-0.2, -0.15) is 0 Å². The third-order valence-electron chi connectivity index (χ3n) is 6.52. The van der Waals surface area contributed by atoms with E-state index in [1.54, 1.807) is 42.5 Å². The lowest BCUT2D eigenvalue weighted by molar-refractivity contribution is -0.123. The number of sulfone groups is 1. The lowest BCUT2D eigenvalue weighted by Gasteiger charge is -2.33. The number of benzene rings is 3. The van der Waals surface area contributed by atoms with Gasteiger partial charge in [0.05, 0.1) is 12.2 Å².